The number of nitrogens with zero attached hydrogens (tertiary/aromatic N) is 2. The molecule has 0 radical (unpaired) electrons. The fourth-order valence-corrected chi connectivity index (χ4v) is 6.24. The number of benzene rings is 3. The second-order valence-electron chi connectivity index (χ2n) is 10.4. The third-order valence-corrected chi connectivity index (χ3v) is 8.16. The van der Waals surface area contributed by atoms with Crippen LogP contribution in [0.3, 0.4) is 0 Å². The predicted molar refractivity (Wildman–Crippen MR) is 142 cm³/mol. The van der Waals surface area contributed by atoms with Gasteiger partial charge in [-0.05, 0) is 54.3 Å². The van der Waals surface area contributed by atoms with E-state index < -0.39 is 0 Å². The maximum atomic E-state index is 13.4. The molecule has 0 N–H and O–H groups in total. The highest BCUT2D eigenvalue weighted by atomic mass is 16.5. The first kappa shape index (κ1) is 23.9. The molecule has 1 unspecified atom stereocenters. The van der Waals surface area contributed by atoms with Crippen LogP contribution in [0.4, 0.5) is 0 Å². The van der Waals surface area contributed by atoms with E-state index >= 15 is 0 Å². The summed E-state index contributed by atoms with van der Waals surface area (Å²) >= 11 is 0. The minimum absolute atomic E-state index is 0.0798. The Labute approximate surface area is 218 Å². The first-order valence-electron chi connectivity index (χ1n) is 13.3. The Hall–Kier alpha value is -3.51. The number of amides is 1. The Balaban J connectivity index is 1.16. The molecule has 0 saturated carbocycles. The molecule has 3 aliphatic heterocycles. The van der Waals surface area contributed by atoms with Gasteiger partial charge in [-0.15, -0.1) is 0 Å². The van der Waals surface area contributed by atoms with Crippen LogP contribution in [0.15, 0.2) is 72.8 Å². The smallest absolute Gasteiger partial charge is 0.253 e. The van der Waals surface area contributed by atoms with Gasteiger partial charge in [-0.25, -0.2) is 0 Å². The van der Waals surface area contributed by atoms with Gasteiger partial charge < -0.3 is 19.1 Å². The topological polar surface area (TPSA) is 51.2 Å². The van der Waals surface area contributed by atoms with Gasteiger partial charge >= 0.3 is 0 Å². The molecule has 2 fully saturated rings. The molecular formula is C31H34N2O4. The average molecular weight is 499 g/mol. The van der Waals surface area contributed by atoms with E-state index in [0.717, 1.165) is 56.9 Å². The molecule has 2 saturated heterocycles. The third-order valence-electron chi connectivity index (χ3n) is 8.16. The number of likely N-dealkylation sites (tertiary alicyclic amines) is 2. The van der Waals surface area contributed by atoms with Crippen molar-refractivity contribution in [2.75, 3.05) is 40.0 Å². The first-order valence-corrected chi connectivity index (χ1v) is 13.3. The van der Waals surface area contributed by atoms with Crippen molar-refractivity contribution in [3.05, 3.63) is 89.5 Å². The lowest BCUT2D eigenvalue weighted by molar-refractivity contribution is -0.113. The number of methoxy groups -OCH3 is 1. The van der Waals surface area contributed by atoms with Crippen LogP contribution in [0.1, 0.15) is 46.8 Å². The minimum Gasteiger partial charge on any atom is -0.497 e. The van der Waals surface area contributed by atoms with Crippen LogP contribution in [-0.2, 0) is 6.54 Å². The molecule has 1 spiro atoms. The Morgan fingerprint density at radius 1 is 0.946 bits per heavy atom. The van der Waals surface area contributed by atoms with E-state index in [2.05, 4.69) is 47.4 Å². The van der Waals surface area contributed by atoms with Gasteiger partial charge in [0.1, 0.15) is 5.75 Å². The van der Waals surface area contributed by atoms with Crippen molar-refractivity contribution in [3.8, 4) is 17.2 Å². The molecule has 192 valence electrons. The second kappa shape index (κ2) is 10.1. The quantitative estimate of drug-likeness (QED) is 0.476. The maximum absolute atomic E-state index is 13.4. The van der Waals surface area contributed by atoms with E-state index in [0.29, 0.717) is 30.6 Å². The van der Waals surface area contributed by atoms with E-state index in [4.69, 9.17) is 14.2 Å². The molecule has 6 nitrogen and oxygen atoms in total. The number of hydrogen-bond donors (Lipinski definition) is 0. The maximum Gasteiger partial charge on any atom is 0.253 e. The normalized spacial score (nSPS) is 20.7. The lowest BCUT2D eigenvalue weighted by Crippen LogP contribution is -2.62. The summed E-state index contributed by atoms with van der Waals surface area (Å²) in [6.45, 7) is 4.76. The lowest BCUT2D eigenvalue weighted by Gasteiger charge is -2.61. The predicted octanol–water partition coefficient (Wildman–Crippen LogP) is 5.34. The van der Waals surface area contributed by atoms with Crippen LogP contribution in [0.5, 0.6) is 17.2 Å². The lowest BCUT2D eigenvalue weighted by atomic mass is 9.63. The van der Waals surface area contributed by atoms with Gasteiger partial charge in [0.2, 0.25) is 0 Å². The van der Waals surface area contributed by atoms with E-state index in [1.54, 1.807) is 7.11 Å². The van der Waals surface area contributed by atoms with Gasteiger partial charge in [-0.1, -0.05) is 42.5 Å². The van der Waals surface area contributed by atoms with Crippen LogP contribution < -0.4 is 14.2 Å². The van der Waals surface area contributed by atoms with Gasteiger partial charge in [0.05, 0.1) is 20.3 Å². The van der Waals surface area contributed by atoms with Gasteiger partial charge in [-0.2, -0.15) is 0 Å². The van der Waals surface area contributed by atoms with Crippen LogP contribution in [0.25, 0.3) is 0 Å². The number of fused-ring (bicyclic) bond motifs is 1. The molecule has 37 heavy (non-hydrogen) atoms. The van der Waals surface area contributed by atoms with Crippen molar-refractivity contribution < 1.29 is 19.0 Å². The summed E-state index contributed by atoms with van der Waals surface area (Å²) < 4.78 is 16.9. The highest BCUT2D eigenvalue weighted by molar-refractivity contribution is 5.95. The zero-order chi connectivity index (χ0) is 25.2. The zero-order valence-corrected chi connectivity index (χ0v) is 21.4. The zero-order valence-electron chi connectivity index (χ0n) is 21.4. The Kier molecular flexibility index (Phi) is 6.51. The minimum atomic E-state index is 0.0798. The second-order valence-corrected chi connectivity index (χ2v) is 10.4. The summed E-state index contributed by atoms with van der Waals surface area (Å²) in [4.78, 5) is 18.0. The van der Waals surface area contributed by atoms with Crippen molar-refractivity contribution in [2.24, 2.45) is 5.41 Å². The summed E-state index contributed by atoms with van der Waals surface area (Å²) in [5.74, 6) is 2.36. The SMILES string of the molecule is COc1ccc(CN2CC3(CCN(C(=O)c4ccc5c(c4)OCCCO5)CC3)C2c2ccccc2)cc1. The van der Waals surface area contributed by atoms with Crippen molar-refractivity contribution in [2.45, 2.75) is 31.8 Å². The average Bonchev–Trinajstić information content (AvgIpc) is 3.18. The van der Waals surface area contributed by atoms with Gasteiger partial charge in [0, 0.05) is 49.6 Å². The van der Waals surface area contributed by atoms with Gasteiger partial charge in [-0.3, -0.25) is 9.69 Å². The van der Waals surface area contributed by atoms with Gasteiger partial charge in [0.15, 0.2) is 11.5 Å². The number of piperidine rings is 1. The summed E-state index contributed by atoms with van der Waals surface area (Å²) in [5, 5.41) is 0. The fraction of sp³-hybridized carbons (Fsp3) is 0.387. The molecule has 1 amide bonds. The Bertz CT molecular complexity index is 1240. The summed E-state index contributed by atoms with van der Waals surface area (Å²) in [6, 6.07) is 25.2. The van der Waals surface area contributed by atoms with Crippen molar-refractivity contribution in [1.82, 2.24) is 9.80 Å². The van der Waals surface area contributed by atoms with E-state index in [-0.39, 0.29) is 11.3 Å². The number of carbonyl (C=O) groups is 1. The molecule has 6 rings (SSSR count). The molecule has 3 aliphatic rings. The van der Waals surface area contributed by atoms with Crippen LogP contribution in [0, 0.1) is 5.41 Å². The molecule has 0 aliphatic carbocycles. The van der Waals surface area contributed by atoms with Crippen molar-refractivity contribution in [3.63, 3.8) is 0 Å². The largest absolute Gasteiger partial charge is 0.497 e. The number of ether oxygens (including phenoxy) is 3. The van der Waals surface area contributed by atoms with Crippen molar-refractivity contribution >= 4 is 5.91 Å². The molecule has 1 atom stereocenters. The van der Waals surface area contributed by atoms with E-state index in [1.807, 2.05) is 35.2 Å². The molecule has 0 aromatic heterocycles. The highest BCUT2D eigenvalue weighted by Crippen LogP contribution is 2.55. The number of hydrogen-bond acceptors (Lipinski definition) is 5. The Morgan fingerprint density at radius 2 is 1.68 bits per heavy atom. The van der Waals surface area contributed by atoms with E-state index in [9.17, 15) is 4.79 Å². The highest BCUT2D eigenvalue weighted by Gasteiger charge is 2.54. The molecular weight excluding hydrogens is 464 g/mol. The first-order chi connectivity index (χ1) is 18.1. The monoisotopic (exact) mass is 498 g/mol. The molecule has 0 bridgehead atoms. The van der Waals surface area contributed by atoms with Crippen LogP contribution >= 0.6 is 0 Å². The third kappa shape index (κ3) is 4.66. The summed E-state index contributed by atoms with van der Waals surface area (Å²) in [5.41, 5.74) is 3.52. The molecule has 3 aromatic rings. The Morgan fingerprint density at radius 3 is 2.41 bits per heavy atom. The van der Waals surface area contributed by atoms with Crippen LogP contribution in [-0.4, -0.2) is 55.7 Å². The molecule has 3 heterocycles. The van der Waals surface area contributed by atoms with Gasteiger partial charge in [0.25, 0.3) is 5.91 Å². The van der Waals surface area contributed by atoms with Crippen LogP contribution in [0.2, 0.25) is 0 Å². The van der Waals surface area contributed by atoms with Crippen molar-refractivity contribution in [1.29, 1.82) is 0 Å². The number of rotatable bonds is 5. The fourth-order valence-electron chi connectivity index (χ4n) is 6.24. The summed E-state index contributed by atoms with van der Waals surface area (Å²) in [6.07, 6.45) is 2.86. The molecule has 3 aromatic carbocycles. The van der Waals surface area contributed by atoms with E-state index in [1.165, 1.54) is 11.1 Å². The summed E-state index contributed by atoms with van der Waals surface area (Å²) in [7, 11) is 1.70. The standard InChI is InChI=1S/C31H34N2O4/c1-35-26-11-8-23(9-12-26)21-33-22-31(29(33)24-6-3-2-4-7-24)14-16-32(17-15-31)30(34)25-10-13-27-28(20-25)37-19-5-18-36-27/h2-4,6-13,20,29H,5,14-19,21-22H2,1H3. The number of carbonyl (C=O) groups excluding carboxylic acids is 1. The molecule has 6 heteroatoms.